The number of rotatable bonds is 4. The van der Waals surface area contributed by atoms with Crippen LogP contribution in [0, 0.1) is 0 Å². The van der Waals surface area contributed by atoms with Crippen LogP contribution in [0.1, 0.15) is 29.0 Å². The van der Waals surface area contributed by atoms with Gasteiger partial charge in [0.15, 0.2) is 12.1 Å². The second-order valence-electron chi connectivity index (χ2n) is 3.19. The fourth-order valence-corrected chi connectivity index (χ4v) is 1.29. The average Bonchev–Trinajstić information content (AvgIpc) is 2.87. The van der Waals surface area contributed by atoms with Crippen molar-refractivity contribution < 1.29 is 9.32 Å². The van der Waals surface area contributed by atoms with E-state index in [4.69, 9.17) is 4.52 Å². The van der Waals surface area contributed by atoms with Crippen molar-refractivity contribution in [3.63, 3.8) is 0 Å². The lowest BCUT2D eigenvalue weighted by molar-refractivity contribution is 0.112. The summed E-state index contributed by atoms with van der Waals surface area (Å²) < 4.78 is 6.82. The molecule has 0 bridgehead atoms. The van der Waals surface area contributed by atoms with Crippen LogP contribution >= 0.6 is 0 Å². The van der Waals surface area contributed by atoms with Crippen LogP contribution in [-0.2, 0) is 13.0 Å². The number of aromatic nitrogens is 3. The van der Waals surface area contributed by atoms with Gasteiger partial charge in [-0.25, -0.2) is 0 Å². The molecule has 0 aliphatic rings. The maximum Gasteiger partial charge on any atom is 0.226 e. The largest absolute Gasteiger partial charge is 0.346 e. The van der Waals surface area contributed by atoms with Crippen LogP contribution in [0.15, 0.2) is 23.0 Å². The fourth-order valence-electron chi connectivity index (χ4n) is 1.29. The Labute approximate surface area is 86.7 Å². The highest BCUT2D eigenvalue weighted by Gasteiger charge is 2.04. The molecule has 0 saturated heterocycles. The van der Waals surface area contributed by atoms with E-state index < -0.39 is 0 Å². The molecule has 2 aromatic heterocycles. The molecule has 2 aromatic rings. The number of aryl methyl sites for hydroxylation is 1. The van der Waals surface area contributed by atoms with Crippen molar-refractivity contribution in [2.24, 2.45) is 0 Å². The quantitative estimate of drug-likeness (QED) is 0.706. The minimum Gasteiger partial charge on any atom is -0.346 e. The molecule has 2 heterocycles. The maximum absolute atomic E-state index is 10.5. The van der Waals surface area contributed by atoms with Crippen LogP contribution in [0.5, 0.6) is 0 Å². The number of carbonyl (C=O) groups excluding carboxylic acids is 1. The Morgan fingerprint density at radius 2 is 2.47 bits per heavy atom. The molecule has 5 nitrogen and oxygen atoms in total. The van der Waals surface area contributed by atoms with Gasteiger partial charge in [0.05, 0.1) is 6.54 Å². The van der Waals surface area contributed by atoms with Gasteiger partial charge < -0.3 is 9.09 Å². The Morgan fingerprint density at radius 3 is 3.07 bits per heavy atom. The van der Waals surface area contributed by atoms with E-state index in [2.05, 4.69) is 10.1 Å². The second kappa shape index (κ2) is 4.08. The first-order chi connectivity index (χ1) is 7.31. The van der Waals surface area contributed by atoms with Crippen LogP contribution in [0.2, 0.25) is 0 Å². The van der Waals surface area contributed by atoms with Crippen LogP contribution < -0.4 is 0 Å². The molecular weight excluding hydrogens is 194 g/mol. The highest BCUT2D eigenvalue weighted by Crippen LogP contribution is 2.03. The molecule has 0 aliphatic carbocycles. The Bertz CT molecular complexity index is 459. The third kappa shape index (κ3) is 2.12. The minimum atomic E-state index is 0.525. The summed E-state index contributed by atoms with van der Waals surface area (Å²) in [5.41, 5.74) is 0.647. The Hall–Kier alpha value is -1.91. The molecule has 0 aromatic carbocycles. The number of carbonyl (C=O) groups is 1. The molecule has 78 valence electrons. The first-order valence-electron chi connectivity index (χ1n) is 4.74. The number of hydrogen-bond donors (Lipinski definition) is 0. The molecule has 0 aliphatic heterocycles. The first-order valence-corrected chi connectivity index (χ1v) is 4.74. The van der Waals surface area contributed by atoms with Crippen molar-refractivity contribution in [2.45, 2.75) is 19.9 Å². The Balaban J connectivity index is 2.10. The lowest BCUT2D eigenvalue weighted by atomic mass is 10.4. The molecule has 0 N–H and O–H groups in total. The third-order valence-electron chi connectivity index (χ3n) is 2.05. The van der Waals surface area contributed by atoms with Crippen LogP contribution in [0.25, 0.3) is 0 Å². The molecule has 5 heteroatoms. The standard InChI is InChI=1S/C10H11N3O2/c1-2-10-11-9(12-15-10)6-13-4-3-8(5-13)7-14/h3-5,7H,2,6H2,1H3. The van der Waals surface area contributed by atoms with Crippen LogP contribution in [-0.4, -0.2) is 21.0 Å². The van der Waals surface area contributed by atoms with E-state index in [-0.39, 0.29) is 0 Å². The summed E-state index contributed by atoms with van der Waals surface area (Å²) in [6.07, 6.45) is 5.10. The van der Waals surface area contributed by atoms with Gasteiger partial charge in [-0.2, -0.15) is 4.98 Å². The van der Waals surface area contributed by atoms with Crippen molar-refractivity contribution in [3.8, 4) is 0 Å². The Morgan fingerprint density at radius 1 is 1.60 bits per heavy atom. The van der Waals surface area contributed by atoms with E-state index in [9.17, 15) is 4.79 Å². The normalized spacial score (nSPS) is 10.5. The fraction of sp³-hybridized carbons (Fsp3) is 0.300. The molecule has 0 amide bonds. The Kier molecular flexibility index (Phi) is 2.62. The summed E-state index contributed by atoms with van der Waals surface area (Å²) in [4.78, 5) is 14.6. The maximum atomic E-state index is 10.5. The van der Waals surface area contributed by atoms with Crippen molar-refractivity contribution in [3.05, 3.63) is 35.7 Å². The number of nitrogens with zero attached hydrogens (tertiary/aromatic N) is 3. The molecule has 0 unspecified atom stereocenters. The van der Waals surface area contributed by atoms with Gasteiger partial charge in [0.25, 0.3) is 0 Å². The van der Waals surface area contributed by atoms with E-state index in [0.29, 0.717) is 23.8 Å². The lowest BCUT2D eigenvalue weighted by Crippen LogP contribution is -1.98. The summed E-state index contributed by atoms with van der Waals surface area (Å²) in [6.45, 7) is 2.48. The predicted octanol–water partition coefficient (Wildman–Crippen LogP) is 1.29. The van der Waals surface area contributed by atoms with E-state index in [1.807, 2.05) is 17.7 Å². The van der Waals surface area contributed by atoms with Crippen LogP contribution in [0.4, 0.5) is 0 Å². The van der Waals surface area contributed by atoms with Gasteiger partial charge in [-0.15, -0.1) is 0 Å². The van der Waals surface area contributed by atoms with Crippen molar-refractivity contribution in [1.29, 1.82) is 0 Å². The van der Waals surface area contributed by atoms with Crippen molar-refractivity contribution >= 4 is 6.29 Å². The summed E-state index contributed by atoms with van der Waals surface area (Å²) in [6, 6.07) is 1.74. The number of hydrogen-bond acceptors (Lipinski definition) is 4. The van der Waals surface area contributed by atoms with E-state index in [1.54, 1.807) is 12.3 Å². The molecular formula is C10H11N3O2. The van der Waals surface area contributed by atoms with E-state index in [1.165, 1.54) is 0 Å². The lowest BCUT2D eigenvalue weighted by Gasteiger charge is -1.95. The van der Waals surface area contributed by atoms with Gasteiger partial charge in [0.1, 0.15) is 0 Å². The van der Waals surface area contributed by atoms with Crippen LogP contribution in [0.3, 0.4) is 0 Å². The zero-order valence-electron chi connectivity index (χ0n) is 8.38. The second-order valence-corrected chi connectivity index (χ2v) is 3.19. The SMILES string of the molecule is CCc1nc(Cn2ccc(C=O)c2)no1. The molecule has 2 rings (SSSR count). The van der Waals surface area contributed by atoms with Gasteiger partial charge in [-0.1, -0.05) is 12.1 Å². The predicted molar refractivity (Wildman–Crippen MR) is 52.6 cm³/mol. The van der Waals surface area contributed by atoms with E-state index >= 15 is 0 Å². The highest BCUT2D eigenvalue weighted by molar-refractivity contribution is 5.74. The third-order valence-corrected chi connectivity index (χ3v) is 2.05. The van der Waals surface area contributed by atoms with Gasteiger partial charge in [0.2, 0.25) is 5.89 Å². The monoisotopic (exact) mass is 205 g/mol. The smallest absolute Gasteiger partial charge is 0.226 e. The minimum absolute atomic E-state index is 0.525. The summed E-state index contributed by atoms with van der Waals surface area (Å²) in [5, 5.41) is 3.82. The summed E-state index contributed by atoms with van der Waals surface area (Å²) in [7, 11) is 0. The molecule has 0 radical (unpaired) electrons. The van der Waals surface area contributed by atoms with Gasteiger partial charge in [-0.3, -0.25) is 4.79 Å². The van der Waals surface area contributed by atoms with E-state index in [0.717, 1.165) is 12.7 Å². The molecule has 15 heavy (non-hydrogen) atoms. The first kappa shape index (κ1) is 9.64. The van der Waals surface area contributed by atoms with Gasteiger partial charge >= 0.3 is 0 Å². The molecule has 0 saturated carbocycles. The van der Waals surface area contributed by atoms with Gasteiger partial charge in [-0.05, 0) is 6.07 Å². The number of aldehydes is 1. The molecule has 0 atom stereocenters. The molecule has 0 fully saturated rings. The van der Waals surface area contributed by atoms with Crippen molar-refractivity contribution in [2.75, 3.05) is 0 Å². The van der Waals surface area contributed by atoms with Crippen molar-refractivity contribution in [1.82, 2.24) is 14.7 Å². The zero-order chi connectivity index (χ0) is 10.7. The summed E-state index contributed by atoms with van der Waals surface area (Å²) >= 11 is 0. The van der Waals surface area contributed by atoms with Gasteiger partial charge in [0, 0.05) is 24.4 Å². The average molecular weight is 205 g/mol. The molecule has 0 spiro atoms. The summed E-state index contributed by atoms with van der Waals surface area (Å²) in [5.74, 6) is 1.26. The zero-order valence-corrected chi connectivity index (χ0v) is 8.38. The topological polar surface area (TPSA) is 60.9 Å². The highest BCUT2D eigenvalue weighted by atomic mass is 16.5.